The topological polar surface area (TPSA) is 32.6 Å². The van der Waals surface area contributed by atoms with Gasteiger partial charge in [-0.05, 0) is 0 Å². The Balaban J connectivity index is 3.16. The molecule has 9 heavy (non-hydrogen) atoms. The fraction of sp³-hybridized carbons (Fsp3) is 0.333. The molecule has 0 aliphatic carbocycles. The molecule has 0 amide bonds. The van der Waals surface area contributed by atoms with E-state index in [2.05, 4.69) is 0 Å². The first-order valence-electron chi connectivity index (χ1n) is 2.66. The molecule has 46 valence electrons. The van der Waals surface area contributed by atoms with Crippen LogP contribution in [-0.2, 0) is 14.1 Å². The predicted octanol–water partition coefficient (Wildman–Crippen LogP) is -0.279. The number of nitriles is 1. The summed E-state index contributed by atoms with van der Waals surface area (Å²) in [5.74, 6) is 0. The summed E-state index contributed by atoms with van der Waals surface area (Å²) in [5.41, 5.74) is 0.694. The van der Waals surface area contributed by atoms with Crippen molar-refractivity contribution in [3.05, 3.63) is 18.0 Å². The molecule has 0 saturated carbocycles. The zero-order chi connectivity index (χ0) is 6.85. The van der Waals surface area contributed by atoms with Crippen molar-refractivity contribution in [3.63, 3.8) is 0 Å². The lowest BCUT2D eigenvalue weighted by atomic mass is 10.4. The fourth-order valence-corrected chi connectivity index (χ4v) is 0.676. The van der Waals surface area contributed by atoms with Crippen LogP contribution in [0.15, 0.2) is 12.4 Å². The maximum atomic E-state index is 8.40. The number of hydrogen-bond acceptors (Lipinski definition) is 1. The molecule has 1 heterocycles. The van der Waals surface area contributed by atoms with E-state index in [1.165, 1.54) is 0 Å². The SMILES string of the molecule is Cn1cc(C#N)c[n+]1C. The summed E-state index contributed by atoms with van der Waals surface area (Å²) in [4.78, 5) is 0. The molecule has 0 spiro atoms. The van der Waals surface area contributed by atoms with Crippen molar-refractivity contribution in [2.24, 2.45) is 14.1 Å². The highest BCUT2D eigenvalue weighted by molar-refractivity contribution is 5.19. The maximum absolute atomic E-state index is 8.40. The van der Waals surface area contributed by atoms with Gasteiger partial charge in [0.05, 0.1) is 13.2 Å². The zero-order valence-corrected chi connectivity index (χ0v) is 5.50. The second-order valence-electron chi connectivity index (χ2n) is 1.97. The highest BCUT2D eigenvalue weighted by atomic mass is 15.4. The first kappa shape index (κ1) is 5.83. The summed E-state index contributed by atoms with van der Waals surface area (Å²) in [6.07, 6.45) is 3.56. The van der Waals surface area contributed by atoms with Crippen LogP contribution in [0.3, 0.4) is 0 Å². The minimum atomic E-state index is 0.694. The van der Waals surface area contributed by atoms with Gasteiger partial charge in [-0.3, -0.25) is 0 Å². The van der Waals surface area contributed by atoms with Crippen LogP contribution >= 0.6 is 0 Å². The van der Waals surface area contributed by atoms with Gasteiger partial charge in [-0.25, -0.2) is 0 Å². The maximum Gasteiger partial charge on any atom is 0.213 e. The van der Waals surface area contributed by atoms with E-state index >= 15 is 0 Å². The number of hydrogen-bond donors (Lipinski definition) is 0. The molecular formula is C6H8N3+. The van der Waals surface area contributed by atoms with Gasteiger partial charge in [-0.2, -0.15) is 9.94 Å². The average Bonchev–Trinajstić information content (AvgIpc) is 2.13. The van der Waals surface area contributed by atoms with Crippen molar-refractivity contribution < 1.29 is 4.68 Å². The van der Waals surface area contributed by atoms with Crippen LogP contribution in [0.5, 0.6) is 0 Å². The average molecular weight is 122 g/mol. The van der Waals surface area contributed by atoms with E-state index in [1.807, 2.05) is 29.5 Å². The van der Waals surface area contributed by atoms with Gasteiger partial charge in [0.2, 0.25) is 6.20 Å². The van der Waals surface area contributed by atoms with Gasteiger partial charge in [0.25, 0.3) is 0 Å². The van der Waals surface area contributed by atoms with Gasteiger partial charge in [0.1, 0.15) is 11.6 Å². The molecule has 1 aromatic rings. The van der Waals surface area contributed by atoms with E-state index in [4.69, 9.17) is 5.26 Å². The van der Waals surface area contributed by atoms with E-state index in [1.54, 1.807) is 12.4 Å². The summed E-state index contributed by atoms with van der Waals surface area (Å²) in [6.45, 7) is 0. The van der Waals surface area contributed by atoms with Crippen LogP contribution in [-0.4, -0.2) is 4.68 Å². The molecule has 0 aliphatic heterocycles. The highest BCUT2D eigenvalue weighted by Crippen LogP contribution is 1.88. The van der Waals surface area contributed by atoms with Crippen molar-refractivity contribution in [1.29, 1.82) is 5.26 Å². The third kappa shape index (κ3) is 0.918. The summed E-state index contributed by atoms with van der Waals surface area (Å²) in [6, 6.07) is 2.05. The molecule has 0 bridgehead atoms. The molecule has 0 aromatic carbocycles. The normalized spacial score (nSPS) is 9.00. The van der Waals surface area contributed by atoms with Crippen molar-refractivity contribution in [3.8, 4) is 6.07 Å². The molecule has 0 saturated heterocycles. The lowest BCUT2D eigenvalue weighted by Crippen LogP contribution is -2.35. The van der Waals surface area contributed by atoms with Gasteiger partial charge in [0, 0.05) is 0 Å². The van der Waals surface area contributed by atoms with Crippen LogP contribution < -0.4 is 4.68 Å². The van der Waals surface area contributed by atoms with Crippen molar-refractivity contribution in [2.75, 3.05) is 0 Å². The van der Waals surface area contributed by atoms with Crippen molar-refractivity contribution in [1.82, 2.24) is 4.68 Å². The Bertz CT molecular complexity index is 234. The fourth-order valence-electron chi connectivity index (χ4n) is 0.676. The van der Waals surface area contributed by atoms with Crippen LogP contribution in [0.25, 0.3) is 0 Å². The molecule has 1 aromatic heterocycles. The number of aromatic nitrogens is 2. The van der Waals surface area contributed by atoms with Crippen molar-refractivity contribution >= 4 is 0 Å². The Hall–Kier alpha value is -1.30. The second kappa shape index (κ2) is 1.90. The van der Waals surface area contributed by atoms with E-state index in [9.17, 15) is 0 Å². The number of aryl methyl sites for hydroxylation is 2. The van der Waals surface area contributed by atoms with E-state index in [0.29, 0.717) is 5.56 Å². The smallest absolute Gasteiger partial charge is 0.192 e. The zero-order valence-electron chi connectivity index (χ0n) is 5.50. The third-order valence-corrected chi connectivity index (χ3v) is 1.28. The molecule has 0 fully saturated rings. The van der Waals surface area contributed by atoms with Gasteiger partial charge in [-0.1, -0.05) is 0 Å². The number of rotatable bonds is 0. The molecule has 1 rings (SSSR count). The van der Waals surface area contributed by atoms with E-state index in [-0.39, 0.29) is 0 Å². The van der Waals surface area contributed by atoms with E-state index < -0.39 is 0 Å². The summed E-state index contributed by atoms with van der Waals surface area (Å²) < 4.78 is 3.69. The second-order valence-corrected chi connectivity index (χ2v) is 1.97. The molecule has 3 nitrogen and oxygen atoms in total. The molecule has 3 heteroatoms. The summed E-state index contributed by atoms with van der Waals surface area (Å²) in [5, 5.41) is 8.40. The van der Waals surface area contributed by atoms with Crippen LogP contribution in [0.1, 0.15) is 5.56 Å². The lowest BCUT2D eigenvalue weighted by Gasteiger charge is -1.82. The number of nitrogens with zero attached hydrogens (tertiary/aromatic N) is 3. The van der Waals surface area contributed by atoms with Crippen LogP contribution in [0.2, 0.25) is 0 Å². The first-order valence-corrected chi connectivity index (χ1v) is 2.66. The largest absolute Gasteiger partial charge is 0.213 e. The van der Waals surface area contributed by atoms with Crippen LogP contribution in [0.4, 0.5) is 0 Å². The Kier molecular flexibility index (Phi) is 1.23. The standard InChI is InChI=1S/C6H8N3/c1-8-4-6(3-7)5-9(8)2/h4-5H,1-2H3/q+1. The Morgan fingerprint density at radius 1 is 1.78 bits per heavy atom. The highest BCUT2D eigenvalue weighted by Gasteiger charge is 2.01. The minimum absolute atomic E-state index is 0.694. The Labute approximate surface area is 53.7 Å². The van der Waals surface area contributed by atoms with Gasteiger partial charge in [0.15, 0.2) is 7.05 Å². The van der Waals surface area contributed by atoms with Crippen molar-refractivity contribution in [2.45, 2.75) is 0 Å². The Morgan fingerprint density at radius 3 is 2.67 bits per heavy atom. The first-order chi connectivity index (χ1) is 4.24. The summed E-state index contributed by atoms with van der Waals surface area (Å²) >= 11 is 0. The molecule has 0 radical (unpaired) electrons. The lowest BCUT2D eigenvalue weighted by molar-refractivity contribution is -0.751. The van der Waals surface area contributed by atoms with Crippen LogP contribution in [0, 0.1) is 11.3 Å². The van der Waals surface area contributed by atoms with Gasteiger partial charge in [-0.15, -0.1) is 4.68 Å². The molecule has 0 unspecified atom stereocenters. The predicted molar refractivity (Wildman–Crippen MR) is 31.3 cm³/mol. The molecule has 0 atom stereocenters. The molecular weight excluding hydrogens is 114 g/mol. The van der Waals surface area contributed by atoms with Gasteiger partial charge < -0.3 is 0 Å². The Morgan fingerprint density at radius 2 is 2.44 bits per heavy atom. The summed E-state index contributed by atoms with van der Waals surface area (Å²) in [7, 11) is 3.78. The third-order valence-electron chi connectivity index (χ3n) is 1.28. The minimum Gasteiger partial charge on any atom is -0.192 e. The van der Waals surface area contributed by atoms with E-state index in [0.717, 1.165) is 0 Å². The monoisotopic (exact) mass is 122 g/mol. The van der Waals surface area contributed by atoms with Gasteiger partial charge >= 0.3 is 0 Å². The molecule has 0 N–H and O–H groups in total. The molecule has 0 aliphatic rings. The quantitative estimate of drug-likeness (QED) is 0.436.